The van der Waals surface area contributed by atoms with Crippen LogP contribution < -0.4 is 9.80 Å². The van der Waals surface area contributed by atoms with E-state index in [-0.39, 0.29) is 5.82 Å². The highest BCUT2D eigenvalue weighted by Gasteiger charge is 2.17. The molecular formula is C16H17ClFN3. The van der Waals surface area contributed by atoms with Crippen LogP contribution in [0.5, 0.6) is 0 Å². The molecule has 21 heavy (non-hydrogen) atoms. The van der Waals surface area contributed by atoms with Gasteiger partial charge >= 0.3 is 0 Å². The van der Waals surface area contributed by atoms with Crippen molar-refractivity contribution >= 4 is 23.0 Å². The van der Waals surface area contributed by atoms with Crippen LogP contribution in [0, 0.1) is 5.82 Å². The lowest BCUT2D eigenvalue weighted by molar-refractivity contribution is 0.624. The molecule has 110 valence electrons. The van der Waals surface area contributed by atoms with Crippen LogP contribution in [0.15, 0.2) is 42.6 Å². The van der Waals surface area contributed by atoms with Gasteiger partial charge in [0.2, 0.25) is 0 Å². The lowest BCUT2D eigenvalue weighted by Gasteiger charge is -2.37. The third kappa shape index (κ3) is 3.27. The number of nitrogens with zero attached hydrogens (tertiary/aromatic N) is 3. The van der Waals surface area contributed by atoms with Crippen molar-refractivity contribution in [3.63, 3.8) is 0 Å². The quantitative estimate of drug-likeness (QED) is 0.811. The Balaban J connectivity index is 1.65. The molecule has 0 bridgehead atoms. The van der Waals surface area contributed by atoms with Gasteiger partial charge in [0.05, 0.1) is 11.6 Å². The summed E-state index contributed by atoms with van der Waals surface area (Å²) >= 11 is 5.83. The van der Waals surface area contributed by atoms with Gasteiger partial charge in [-0.25, -0.2) is 4.39 Å². The van der Waals surface area contributed by atoms with Crippen LogP contribution in [0.4, 0.5) is 15.8 Å². The van der Waals surface area contributed by atoms with E-state index in [2.05, 4.69) is 14.8 Å². The maximum absolute atomic E-state index is 13.0. The van der Waals surface area contributed by atoms with Gasteiger partial charge in [-0.2, -0.15) is 0 Å². The van der Waals surface area contributed by atoms with Crippen molar-refractivity contribution in [2.75, 3.05) is 36.0 Å². The summed E-state index contributed by atoms with van der Waals surface area (Å²) in [6.45, 7) is 3.71. The van der Waals surface area contributed by atoms with Crippen molar-refractivity contribution in [1.29, 1.82) is 0 Å². The molecule has 0 spiro atoms. The van der Waals surface area contributed by atoms with E-state index in [1.807, 2.05) is 24.3 Å². The van der Waals surface area contributed by atoms with Gasteiger partial charge < -0.3 is 9.80 Å². The van der Waals surface area contributed by atoms with Gasteiger partial charge in [0.25, 0.3) is 0 Å². The summed E-state index contributed by atoms with van der Waals surface area (Å²) in [6, 6.07) is 10.8. The Kier molecular flexibility index (Phi) is 4.25. The summed E-state index contributed by atoms with van der Waals surface area (Å²) in [6.07, 6.45) is 1.80. The number of piperazine rings is 1. The van der Waals surface area contributed by atoms with E-state index in [1.54, 1.807) is 6.20 Å². The van der Waals surface area contributed by atoms with Crippen LogP contribution >= 0.6 is 11.6 Å². The number of alkyl halides is 1. The Morgan fingerprint density at radius 3 is 2.19 bits per heavy atom. The maximum atomic E-state index is 13.0. The smallest absolute Gasteiger partial charge is 0.123 e. The minimum Gasteiger partial charge on any atom is -0.368 e. The zero-order valence-corrected chi connectivity index (χ0v) is 12.4. The maximum Gasteiger partial charge on any atom is 0.123 e. The average Bonchev–Trinajstić information content (AvgIpc) is 2.56. The highest BCUT2D eigenvalue weighted by Crippen LogP contribution is 2.21. The van der Waals surface area contributed by atoms with Crippen molar-refractivity contribution in [2.24, 2.45) is 0 Å². The van der Waals surface area contributed by atoms with Gasteiger partial charge in [-0.15, -0.1) is 11.6 Å². The normalized spacial score (nSPS) is 15.3. The second-order valence-corrected chi connectivity index (χ2v) is 5.36. The first kappa shape index (κ1) is 14.1. The van der Waals surface area contributed by atoms with E-state index in [9.17, 15) is 4.39 Å². The molecule has 1 saturated heterocycles. The van der Waals surface area contributed by atoms with Gasteiger partial charge in [0, 0.05) is 43.8 Å². The highest BCUT2D eigenvalue weighted by atomic mass is 35.5. The van der Waals surface area contributed by atoms with Crippen LogP contribution in [-0.4, -0.2) is 31.2 Å². The fourth-order valence-corrected chi connectivity index (χ4v) is 2.76. The van der Waals surface area contributed by atoms with E-state index in [4.69, 9.17) is 11.6 Å². The molecule has 0 N–H and O–H groups in total. The summed E-state index contributed by atoms with van der Waals surface area (Å²) in [5, 5.41) is 0. The molecule has 2 heterocycles. The Hall–Kier alpha value is -1.81. The zero-order chi connectivity index (χ0) is 14.7. The monoisotopic (exact) mass is 305 g/mol. The van der Waals surface area contributed by atoms with Crippen LogP contribution in [0.2, 0.25) is 0 Å². The molecule has 1 aliphatic rings. The summed E-state index contributed by atoms with van der Waals surface area (Å²) in [5.74, 6) is 0.242. The van der Waals surface area contributed by atoms with Gasteiger partial charge in [-0.3, -0.25) is 4.98 Å². The fourth-order valence-electron chi connectivity index (χ4n) is 2.61. The van der Waals surface area contributed by atoms with E-state index in [0.29, 0.717) is 5.88 Å². The van der Waals surface area contributed by atoms with Crippen LogP contribution in [0.3, 0.4) is 0 Å². The van der Waals surface area contributed by atoms with Crippen LogP contribution in [0.1, 0.15) is 5.69 Å². The van der Waals surface area contributed by atoms with Crippen molar-refractivity contribution in [2.45, 2.75) is 5.88 Å². The number of anilines is 2. The molecule has 0 radical (unpaired) electrons. The Labute approximate surface area is 129 Å². The van der Waals surface area contributed by atoms with Gasteiger partial charge in [0.15, 0.2) is 0 Å². The molecule has 0 atom stereocenters. The lowest BCUT2D eigenvalue weighted by Crippen LogP contribution is -2.46. The van der Waals surface area contributed by atoms with Gasteiger partial charge in [-0.1, -0.05) is 0 Å². The van der Waals surface area contributed by atoms with Gasteiger partial charge in [-0.05, 0) is 36.4 Å². The summed E-state index contributed by atoms with van der Waals surface area (Å²) < 4.78 is 13.0. The molecule has 1 aromatic carbocycles. The molecular weight excluding hydrogens is 289 g/mol. The Bertz CT molecular complexity index is 595. The summed E-state index contributed by atoms with van der Waals surface area (Å²) in [5.41, 5.74) is 3.14. The number of hydrogen-bond donors (Lipinski definition) is 0. The molecule has 2 aromatic rings. The minimum absolute atomic E-state index is 0.192. The van der Waals surface area contributed by atoms with E-state index < -0.39 is 0 Å². The van der Waals surface area contributed by atoms with E-state index in [0.717, 1.165) is 37.6 Å². The fraction of sp³-hybridized carbons (Fsp3) is 0.312. The van der Waals surface area contributed by atoms with Crippen molar-refractivity contribution in [3.8, 4) is 0 Å². The number of benzene rings is 1. The van der Waals surface area contributed by atoms with Crippen molar-refractivity contribution < 1.29 is 4.39 Å². The molecule has 3 rings (SSSR count). The lowest BCUT2D eigenvalue weighted by atomic mass is 10.2. The Morgan fingerprint density at radius 1 is 0.952 bits per heavy atom. The number of pyridine rings is 1. The summed E-state index contributed by atoms with van der Waals surface area (Å²) in [4.78, 5) is 8.83. The molecule has 5 heteroatoms. The zero-order valence-electron chi connectivity index (χ0n) is 11.7. The molecule has 1 aliphatic heterocycles. The number of halogens is 2. The topological polar surface area (TPSA) is 19.4 Å². The molecule has 3 nitrogen and oxygen atoms in total. The highest BCUT2D eigenvalue weighted by molar-refractivity contribution is 6.16. The second kappa shape index (κ2) is 6.31. The predicted molar refractivity (Wildman–Crippen MR) is 84.6 cm³/mol. The SMILES string of the molecule is Fc1ccc(N2CCN(c3ccnc(CCl)c3)CC2)cc1. The standard InChI is InChI=1S/C16H17ClFN3/c17-12-14-11-16(5-6-19-14)21-9-7-20(8-10-21)15-3-1-13(18)2-4-15/h1-6,11H,7-10,12H2. The van der Waals surface area contributed by atoms with Crippen molar-refractivity contribution in [1.82, 2.24) is 4.98 Å². The number of rotatable bonds is 3. The third-order valence-corrected chi connectivity index (χ3v) is 4.05. The van der Waals surface area contributed by atoms with Crippen LogP contribution in [-0.2, 0) is 5.88 Å². The number of hydrogen-bond acceptors (Lipinski definition) is 3. The average molecular weight is 306 g/mol. The molecule has 1 fully saturated rings. The third-order valence-electron chi connectivity index (χ3n) is 3.77. The van der Waals surface area contributed by atoms with Crippen molar-refractivity contribution in [3.05, 3.63) is 54.1 Å². The van der Waals surface area contributed by atoms with E-state index in [1.165, 1.54) is 17.8 Å². The molecule has 0 amide bonds. The molecule has 0 aliphatic carbocycles. The van der Waals surface area contributed by atoms with E-state index >= 15 is 0 Å². The first-order chi connectivity index (χ1) is 10.3. The first-order valence-electron chi connectivity index (χ1n) is 7.02. The molecule has 0 unspecified atom stereocenters. The number of aromatic nitrogens is 1. The summed E-state index contributed by atoms with van der Waals surface area (Å²) in [7, 11) is 0. The second-order valence-electron chi connectivity index (χ2n) is 5.09. The Morgan fingerprint density at radius 2 is 1.57 bits per heavy atom. The predicted octanol–water partition coefficient (Wildman–Crippen LogP) is 3.29. The molecule has 0 saturated carbocycles. The largest absolute Gasteiger partial charge is 0.368 e. The molecule has 1 aromatic heterocycles. The minimum atomic E-state index is -0.192. The first-order valence-corrected chi connectivity index (χ1v) is 7.56. The van der Waals surface area contributed by atoms with Gasteiger partial charge in [0.1, 0.15) is 5.82 Å². The van der Waals surface area contributed by atoms with Crippen LogP contribution in [0.25, 0.3) is 0 Å².